The molecule has 0 aromatic heterocycles. The highest BCUT2D eigenvalue weighted by Gasteiger charge is 2.64. The van der Waals surface area contributed by atoms with Crippen LogP contribution in [0.15, 0.2) is 53.0 Å². The summed E-state index contributed by atoms with van der Waals surface area (Å²) in [7, 11) is 5.48. The first-order chi connectivity index (χ1) is 18.7. The maximum Gasteiger partial charge on any atom is 0.253 e. The number of benzene rings is 2. The predicted molar refractivity (Wildman–Crippen MR) is 146 cm³/mol. The maximum atomic E-state index is 14.0. The van der Waals surface area contributed by atoms with Crippen molar-refractivity contribution < 1.29 is 39.9 Å². The molecule has 0 heterocycles. The van der Waals surface area contributed by atoms with Crippen molar-refractivity contribution in [2.75, 3.05) is 21.2 Å². The van der Waals surface area contributed by atoms with Gasteiger partial charge in [0, 0.05) is 24.1 Å². The molecule has 5 rings (SSSR count). The fourth-order valence-electron chi connectivity index (χ4n) is 6.85. The number of hydrogen-bond acceptors (Lipinski definition) is 9. The molecule has 0 spiro atoms. The van der Waals surface area contributed by atoms with E-state index in [1.807, 2.05) is 37.2 Å². The van der Waals surface area contributed by atoms with Gasteiger partial charge in [-0.15, -0.1) is 0 Å². The first kappa shape index (κ1) is 27.7. The van der Waals surface area contributed by atoms with E-state index in [1.165, 1.54) is 13.0 Å². The number of rotatable bonds is 5. The van der Waals surface area contributed by atoms with E-state index in [0.29, 0.717) is 23.4 Å². The molecule has 2 aromatic rings. The van der Waals surface area contributed by atoms with E-state index < -0.39 is 51.8 Å². The van der Waals surface area contributed by atoms with Crippen LogP contribution >= 0.6 is 0 Å². The summed E-state index contributed by atoms with van der Waals surface area (Å²) in [6.45, 7) is 2.01. The Bertz CT molecular complexity index is 1510. The summed E-state index contributed by atoms with van der Waals surface area (Å²) in [5.41, 5.74) is 5.66. The molecule has 3 unspecified atom stereocenters. The third-order valence-corrected chi connectivity index (χ3v) is 8.85. The summed E-state index contributed by atoms with van der Waals surface area (Å²) in [6.07, 6.45) is 0.321. The highest BCUT2D eigenvalue weighted by atomic mass is 16.5. The van der Waals surface area contributed by atoms with Crippen LogP contribution in [-0.4, -0.2) is 69.1 Å². The number of fused-ring (bicyclic) bond motifs is 3. The van der Waals surface area contributed by atoms with Crippen molar-refractivity contribution in [1.82, 2.24) is 4.90 Å². The number of Topliss-reactive ketones (excluding diaryl/α,β-unsaturated/α-hetero) is 1. The Morgan fingerprint density at radius 3 is 2.42 bits per heavy atom. The molecule has 0 radical (unpaired) electrons. The number of nitrogens with two attached hydrogens (primary N) is 1. The number of carbonyl (C=O) groups is 2. The molecule has 3 atom stereocenters. The number of aromatic hydroxyl groups is 1. The molecular weight excluding hydrogens is 516 g/mol. The predicted octanol–water partition coefficient (Wildman–Crippen LogP) is 2.70. The number of ketones is 1. The van der Waals surface area contributed by atoms with Gasteiger partial charge in [0.2, 0.25) is 5.79 Å². The minimum atomic E-state index is -3.03. The van der Waals surface area contributed by atoms with Crippen molar-refractivity contribution in [2.45, 2.75) is 38.5 Å². The van der Waals surface area contributed by atoms with E-state index in [1.54, 1.807) is 13.2 Å². The summed E-state index contributed by atoms with van der Waals surface area (Å²) in [5, 5.41) is 55.2. The molecule has 0 saturated carbocycles. The highest BCUT2D eigenvalue weighted by molar-refractivity contribution is 6.14. The molecule has 0 aliphatic heterocycles. The number of amides is 1. The third kappa shape index (κ3) is 3.81. The topological polar surface area (TPSA) is 174 Å². The second-order valence-corrected chi connectivity index (χ2v) is 11.4. The monoisotopic (exact) mass is 550 g/mol. The van der Waals surface area contributed by atoms with Crippen LogP contribution in [0.4, 0.5) is 0 Å². The fourth-order valence-corrected chi connectivity index (χ4v) is 6.85. The normalized spacial score (nSPS) is 25.4. The van der Waals surface area contributed by atoms with Gasteiger partial charge in [-0.3, -0.25) is 9.59 Å². The van der Waals surface area contributed by atoms with Gasteiger partial charge in [-0.25, -0.2) is 0 Å². The lowest BCUT2D eigenvalue weighted by Gasteiger charge is -2.53. The fraction of sp³-hybridized carbons (Fsp3) is 0.400. The Kier molecular flexibility index (Phi) is 6.48. The lowest BCUT2D eigenvalue weighted by molar-refractivity contribution is -0.235. The number of phenolic OH excluding ortho intramolecular Hbond substituents is 1. The van der Waals surface area contributed by atoms with Crippen LogP contribution in [-0.2, 0) is 17.8 Å². The summed E-state index contributed by atoms with van der Waals surface area (Å²) < 4.78 is 5.64. The molecule has 10 heteroatoms. The molecule has 3 aliphatic carbocycles. The van der Waals surface area contributed by atoms with Gasteiger partial charge in [-0.1, -0.05) is 12.1 Å². The van der Waals surface area contributed by atoms with Crippen LogP contribution in [0.25, 0.3) is 11.1 Å². The molecule has 7 N–H and O–H groups in total. The van der Waals surface area contributed by atoms with Crippen LogP contribution in [0, 0.1) is 17.3 Å². The van der Waals surface area contributed by atoms with Crippen LogP contribution in [0.3, 0.4) is 0 Å². The average Bonchev–Trinajstić information content (AvgIpc) is 2.85. The Hall–Kier alpha value is -3.86. The summed E-state index contributed by atoms with van der Waals surface area (Å²) in [5.74, 6) is -7.00. The Balaban J connectivity index is 1.69. The molecule has 0 fully saturated rings. The quantitative estimate of drug-likeness (QED) is 0.306. The summed E-state index contributed by atoms with van der Waals surface area (Å²) >= 11 is 0. The van der Waals surface area contributed by atoms with E-state index >= 15 is 0 Å². The molecule has 3 aliphatic rings. The standard InChI is InChI=1S/C30H34N2O8/c1-29-16(12-21(34)25(28(31)37)30(29,38)39)10-15-11-19-17(6-7-20(33)24(19)26(35)23(15)27(29)36)18-9-14(13-32(2)3)5-8-22(18)40-4/h5-9,15-16,33-34,36,38-39H,10-13H2,1-4H3,(H2,31,37). The van der Waals surface area contributed by atoms with Gasteiger partial charge in [0.15, 0.2) is 5.78 Å². The number of aliphatic hydroxyl groups is 4. The number of methoxy groups -OCH3 is 1. The number of allylic oxidation sites excluding steroid dienone is 2. The molecular formula is C30H34N2O8. The van der Waals surface area contributed by atoms with Crippen molar-refractivity contribution in [3.8, 4) is 22.6 Å². The molecule has 1 amide bonds. The van der Waals surface area contributed by atoms with Gasteiger partial charge in [-0.05, 0) is 80.6 Å². The van der Waals surface area contributed by atoms with Crippen LogP contribution in [0.1, 0.15) is 41.3 Å². The SMILES string of the molecule is COc1ccc(CN(C)C)cc1-c1ccc(O)c2c1CC1CC3CC(O)=C(C(N)=O)C(O)(O)C3(C)C(O)=C1C2=O. The Morgan fingerprint density at radius 1 is 1.10 bits per heavy atom. The lowest BCUT2D eigenvalue weighted by Crippen LogP contribution is -2.61. The van der Waals surface area contributed by atoms with E-state index in [0.717, 1.165) is 11.1 Å². The number of aliphatic hydroxyl groups excluding tert-OH is 2. The third-order valence-electron chi connectivity index (χ3n) is 8.85. The number of hydrogen-bond donors (Lipinski definition) is 6. The van der Waals surface area contributed by atoms with Crippen LogP contribution in [0.5, 0.6) is 11.5 Å². The molecule has 0 saturated heterocycles. The largest absolute Gasteiger partial charge is 0.512 e. The minimum Gasteiger partial charge on any atom is -0.512 e. The molecule has 2 aromatic carbocycles. The van der Waals surface area contributed by atoms with Crippen molar-refractivity contribution in [2.24, 2.45) is 23.0 Å². The molecule has 212 valence electrons. The van der Waals surface area contributed by atoms with Crippen LogP contribution < -0.4 is 10.5 Å². The number of primary amides is 1. The van der Waals surface area contributed by atoms with Crippen molar-refractivity contribution in [1.29, 1.82) is 0 Å². The van der Waals surface area contributed by atoms with E-state index in [9.17, 15) is 35.1 Å². The zero-order valence-electron chi connectivity index (χ0n) is 22.9. The minimum absolute atomic E-state index is 0.0169. The van der Waals surface area contributed by atoms with Gasteiger partial charge in [0.05, 0.1) is 18.1 Å². The first-order valence-corrected chi connectivity index (χ1v) is 13.1. The van der Waals surface area contributed by atoms with Crippen molar-refractivity contribution >= 4 is 11.7 Å². The number of phenols is 1. The average molecular weight is 551 g/mol. The Morgan fingerprint density at radius 2 is 1.80 bits per heavy atom. The summed E-state index contributed by atoms with van der Waals surface area (Å²) in [4.78, 5) is 28.1. The second-order valence-electron chi connectivity index (χ2n) is 11.4. The second kappa shape index (κ2) is 9.36. The van der Waals surface area contributed by atoms with E-state index in [-0.39, 0.29) is 36.1 Å². The smallest absolute Gasteiger partial charge is 0.253 e. The van der Waals surface area contributed by atoms with E-state index in [2.05, 4.69) is 0 Å². The van der Waals surface area contributed by atoms with E-state index in [4.69, 9.17) is 10.5 Å². The van der Waals surface area contributed by atoms with Gasteiger partial charge in [0.25, 0.3) is 5.91 Å². The van der Waals surface area contributed by atoms with Crippen molar-refractivity contribution in [3.05, 3.63) is 69.7 Å². The molecule has 0 bridgehead atoms. The summed E-state index contributed by atoms with van der Waals surface area (Å²) in [6, 6.07) is 8.96. The zero-order chi connectivity index (χ0) is 29.3. The molecule has 10 nitrogen and oxygen atoms in total. The van der Waals surface area contributed by atoms with Gasteiger partial charge in [0.1, 0.15) is 28.6 Å². The van der Waals surface area contributed by atoms with Gasteiger partial charge >= 0.3 is 0 Å². The molecule has 40 heavy (non-hydrogen) atoms. The van der Waals surface area contributed by atoms with Crippen LogP contribution in [0.2, 0.25) is 0 Å². The van der Waals surface area contributed by atoms with Gasteiger partial charge < -0.3 is 40.9 Å². The number of ether oxygens (including phenoxy) is 1. The van der Waals surface area contributed by atoms with Crippen molar-refractivity contribution in [3.63, 3.8) is 0 Å². The first-order valence-electron chi connectivity index (χ1n) is 13.1. The number of nitrogens with zero attached hydrogens (tertiary/aromatic N) is 1. The lowest BCUT2D eigenvalue weighted by atomic mass is 9.53. The maximum absolute atomic E-state index is 14.0. The zero-order valence-corrected chi connectivity index (χ0v) is 22.9. The Labute approximate surface area is 231 Å². The highest BCUT2D eigenvalue weighted by Crippen LogP contribution is 2.60. The number of carbonyl (C=O) groups excluding carboxylic acids is 2. The van der Waals surface area contributed by atoms with Gasteiger partial charge in [-0.2, -0.15) is 0 Å².